The summed E-state index contributed by atoms with van der Waals surface area (Å²) < 4.78 is 5.96. The standard InChI is InChI=1S/C50H81N9O11/c1-30(2)25-36-43(63)53-41(49(69)59-23-19-16-20-24-59)48(68)55(11)32(5)44(64)58(14)38(27-34-21-17-15-18-22-34)46(66)57(13)37(26-31(3)4)42(62)52-40(33(6)60)47(67)54(10)28-39(61)51-35(45(65)56(36)12)29-70-50(7,8)9/h15,17-18,21-22,30-33,35-38,40-41,60H,16,19-20,23-29H2,1-14H3,(H,51,61)(H,52,62)(H,53,63)/t32-,33+,35-,36-,37-,38-,40-,41?/m0/s1. The van der Waals surface area contributed by atoms with Gasteiger partial charge in [0.05, 0.1) is 24.9 Å². The second kappa shape index (κ2) is 26.0. The molecule has 0 saturated carbocycles. The van der Waals surface area contributed by atoms with Crippen molar-refractivity contribution in [3.63, 3.8) is 0 Å². The highest BCUT2D eigenvalue weighted by Crippen LogP contribution is 2.21. The van der Waals surface area contributed by atoms with Crippen LogP contribution < -0.4 is 16.0 Å². The van der Waals surface area contributed by atoms with Crippen molar-refractivity contribution in [2.24, 2.45) is 11.8 Å². The number of benzene rings is 1. The molecule has 2 saturated heterocycles. The zero-order chi connectivity index (χ0) is 52.9. The van der Waals surface area contributed by atoms with E-state index in [2.05, 4.69) is 16.0 Å². The lowest BCUT2D eigenvalue weighted by Gasteiger charge is -2.38. The van der Waals surface area contributed by atoms with Gasteiger partial charge in [-0.05, 0) is 84.1 Å². The number of carbonyl (C=O) groups is 9. The number of ether oxygens (including phenoxy) is 1. The third-order valence-electron chi connectivity index (χ3n) is 12.9. The number of hydrogen-bond acceptors (Lipinski definition) is 11. The van der Waals surface area contributed by atoms with Gasteiger partial charge >= 0.3 is 0 Å². The number of aliphatic hydroxyl groups is 1. The van der Waals surface area contributed by atoms with Gasteiger partial charge in [-0.1, -0.05) is 58.0 Å². The van der Waals surface area contributed by atoms with Crippen LogP contribution in [-0.2, 0) is 54.3 Å². The quantitative estimate of drug-likeness (QED) is 0.239. The monoisotopic (exact) mass is 984 g/mol. The van der Waals surface area contributed by atoms with Crippen LogP contribution in [0.4, 0.5) is 0 Å². The van der Waals surface area contributed by atoms with Crippen molar-refractivity contribution in [1.29, 1.82) is 0 Å². The van der Waals surface area contributed by atoms with Gasteiger partial charge in [-0.25, -0.2) is 0 Å². The third kappa shape index (κ3) is 16.2. The number of aliphatic hydroxyl groups excluding tert-OH is 1. The first kappa shape index (κ1) is 58.7. The number of piperidine rings is 1. The van der Waals surface area contributed by atoms with Crippen LogP contribution in [0.25, 0.3) is 0 Å². The van der Waals surface area contributed by atoms with Gasteiger partial charge in [0.15, 0.2) is 6.04 Å². The molecule has 20 heteroatoms. The number of likely N-dealkylation sites (tertiary alicyclic amines) is 1. The van der Waals surface area contributed by atoms with E-state index in [9.17, 15) is 48.3 Å². The minimum Gasteiger partial charge on any atom is -0.391 e. The van der Waals surface area contributed by atoms with Crippen molar-refractivity contribution >= 4 is 53.2 Å². The number of nitrogens with zero attached hydrogens (tertiary/aromatic N) is 6. The van der Waals surface area contributed by atoms with Gasteiger partial charge in [0.1, 0.15) is 36.3 Å². The van der Waals surface area contributed by atoms with Gasteiger partial charge in [0.25, 0.3) is 11.8 Å². The molecule has 8 atom stereocenters. The number of nitrogens with one attached hydrogen (secondary N) is 3. The zero-order valence-electron chi connectivity index (χ0n) is 43.9. The Hall–Kier alpha value is -5.63. The average Bonchev–Trinajstić information content (AvgIpc) is 3.30. The van der Waals surface area contributed by atoms with E-state index in [1.807, 2.05) is 27.7 Å². The topological polar surface area (TPSA) is 239 Å². The van der Waals surface area contributed by atoms with Crippen LogP contribution in [0.3, 0.4) is 0 Å². The fourth-order valence-electron chi connectivity index (χ4n) is 8.48. The van der Waals surface area contributed by atoms with Gasteiger partial charge in [0.2, 0.25) is 41.4 Å². The van der Waals surface area contributed by atoms with Crippen LogP contribution in [0.15, 0.2) is 30.3 Å². The van der Waals surface area contributed by atoms with E-state index >= 15 is 0 Å². The minimum absolute atomic E-state index is 0.00686. The first-order chi connectivity index (χ1) is 32.6. The summed E-state index contributed by atoms with van der Waals surface area (Å²) in [5.74, 6) is -7.32. The molecule has 20 nitrogen and oxygen atoms in total. The second-order valence-electron chi connectivity index (χ2n) is 20.8. The molecule has 0 aromatic heterocycles. The number of rotatable bonds is 10. The summed E-state index contributed by atoms with van der Waals surface area (Å²) in [6, 6.07) is -0.959. The van der Waals surface area contributed by atoms with Crippen molar-refractivity contribution < 1.29 is 53.0 Å². The number of hydrogen-bond donors (Lipinski definition) is 4. The smallest absolute Gasteiger partial charge is 0.255 e. The number of amides is 9. The predicted octanol–water partition coefficient (Wildman–Crippen LogP) is 0.784. The molecular weight excluding hydrogens is 903 g/mol. The van der Waals surface area contributed by atoms with E-state index in [0.717, 1.165) is 21.1 Å². The normalized spacial score (nSPS) is 25.8. The molecule has 1 unspecified atom stereocenters. The van der Waals surface area contributed by atoms with E-state index in [-0.39, 0.29) is 37.7 Å². The fourth-order valence-corrected chi connectivity index (χ4v) is 8.48. The Bertz CT molecular complexity index is 2000. The second-order valence-corrected chi connectivity index (χ2v) is 20.8. The summed E-state index contributed by atoms with van der Waals surface area (Å²) in [6.45, 7) is 15.0. The fraction of sp³-hybridized carbons (Fsp3) is 0.700. The lowest BCUT2D eigenvalue weighted by atomic mass is 9.98. The molecule has 0 spiro atoms. The molecule has 2 aliphatic rings. The molecule has 1 aromatic carbocycles. The number of carbonyl (C=O) groups excluding carboxylic acids is 9. The molecule has 2 fully saturated rings. The van der Waals surface area contributed by atoms with Crippen LogP contribution in [0.1, 0.15) is 100.0 Å². The van der Waals surface area contributed by atoms with Crippen molar-refractivity contribution in [3.05, 3.63) is 35.9 Å². The van der Waals surface area contributed by atoms with E-state index in [4.69, 9.17) is 4.74 Å². The summed E-state index contributed by atoms with van der Waals surface area (Å²) in [5, 5.41) is 18.8. The van der Waals surface area contributed by atoms with Crippen molar-refractivity contribution in [2.75, 3.05) is 61.5 Å². The number of likely N-dealkylation sites (N-methyl/N-ethyl adjacent to an activating group) is 5. The first-order valence-electron chi connectivity index (χ1n) is 24.4. The maximum Gasteiger partial charge on any atom is 0.255 e. The lowest BCUT2D eigenvalue weighted by Crippen LogP contribution is -2.64. The van der Waals surface area contributed by atoms with Gasteiger partial charge in [0, 0.05) is 54.7 Å². The Morgan fingerprint density at radius 1 is 0.671 bits per heavy atom. The molecule has 2 heterocycles. The highest BCUT2D eigenvalue weighted by molar-refractivity contribution is 6.08. The van der Waals surface area contributed by atoms with Crippen molar-refractivity contribution in [2.45, 2.75) is 155 Å². The lowest BCUT2D eigenvalue weighted by molar-refractivity contribution is -0.154. The Morgan fingerprint density at radius 2 is 1.19 bits per heavy atom. The van der Waals surface area contributed by atoms with Crippen molar-refractivity contribution in [1.82, 2.24) is 45.3 Å². The largest absolute Gasteiger partial charge is 0.391 e. The van der Waals surface area contributed by atoms with E-state index < -0.39 is 114 Å². The average molecular weight is 984 g/mol. The Kier molecular flexibility index (Phi) is 21.8. The van der Waals surface area contributed by atoms with Gasteiger partial charge < -0.3 is 55.2 Å². The molecule has 9 amide bonds. The van der Waals surface area contributed by atoms with Gasteiger partial charge in [-0.2, -0.15) is 0 Å². The van der Waals surface area contributed by atoms with Crippen molar-refractivity contribution in [3.8, 4) is 0 Å². The SMILES string of the molecule is CC(C)C[C@H]1C(=O)NC(C(=O)N2CCCCC2)C(=O)N(C)[C@@H](C)C(=O)N(C)[C@@H](Cc2ccccc2)C(=O)N(C)[C@@H](CC(C)C)C(=O)N[C@@H]([C@@H](C)O)C(=O)N(C)CC(=O)N[C@@H](COC(C)(C)C)C(=O)N1C. The summed E-state index contributed by atoms with van der Waals surface area (Å²) in [6.07, 6.45) is 0.893. The first-order valence-corrected chi connectivity index (χ1v) is 24.4. The van der Waals surface area contributed by atoms with Crippen LogP contribution in [0.5, 0.6) is 0 Å². The molecule has 70 heavy (non-hydrogen) atoms. The third-order valence-corrected chi connectivity index (χ3v) is 12.9. The van der Waals surface area contributed by atoms with Crippen LogP contribution in [-0.4, -0.2) is 203 Å². The van der Waals surface area contributed by atoms with Gasteiger partial charge in [-0.15, -0.1) is 0 Å². The maximum atomic E-state index is 14.9. The molecule has 2 aliphatic heterocycles. The molecular formula is C50H81N9O11. The summed E-state index contributed by atoms with van der Waals surface area (Å²) in [7, 11) is 6.80. The highest BCUT2D eigenvalue weighted by Gasteiger charge is 2.43. The summed E-state index contributed by atoms with van der Waals surface area (Å²) >= 11 is 0. The van der Waals surface area contributed by atoms with E-state index in [1.165, 1.54) is 63.8 Å². The van der Waals surface area contributed by atoms with E-state index in [0.29, 0.717) is 31.5 Å². The molecule has 392 valence electrons. The van der Waals surface area contributed by atoms with Crippen LogP contribution >= 0.6 is 0 Å². The Labute approximate surface area is 414 Å². The molecule has 0 bridgehead atoms. The molecule has 0 radical (unpaired) electrons. The maximum absolute atomic E-state index is 14.9. The molecule has 3 rings (SSSR count). The molecule has 1 aromatic rings. The highest BCUT2D eigenvalue weighted by atomic mass is 16.5. The van der Waals surface area contributed by atoms with Crippen LogP contribution in [0, 0.1) is 11.8 Å². The summed E-state index contributed by atoms with van der Waals surface area (Å²) in [4.78, 5) is 137. The zero-order valence-corrected chi connectivity index (χ0v) is 43.9. The minimum atomic E-state index is -1.82. The molecule has 0 aliphatic carbocycles. The van der Waals surface area contributed by atoms with E-state index in [1.54, 1.807) is 51.1 Å². The Morgan fingerprint density at radius 3 is 1.70 bits per heavy atom. The Balaban J connectivity index is 2.28. The summed E-state index contributed by atoms with van der Waals surface area (Å²) in [5.41, 5.74) is -0.110. The van der Waals surface area contributed by atoms with Gasteiger partial charge in [-0.3, -0.25) is 43.2 Å². The predicted molar refractivity (Wildman–Crippen MR) is 262 cm³/mol. The molecule has 4 N–H and O–H groups in total. The van der Waals surface area contributed by atoms with Crippen LogP contribution in [0.2, 0.25) is 0 Å².